The summed E-state index contributed by atoms with van der Waals surface area (Å²) in [7, 11) is 0. The molecule has 0 fully saturated rings. The number of hydrogen-bond acceptors (Lipinski definition) is 4. The van der Waals surface area contributed by atoms with Gasteiger partial charge in [0.1, 0.15) is 12.7 Å². The fourth-order valence-electron chi connectivity index (χ4n) is 3.40. The van der Waals surface area contributed by atoms with Crippen molar-refractivity contribution in [2.45, 2.75) is 19.2 Å². The maximum Gasteiger partial charge on any atom is 0.312 e. The van der Waals surface area contributed by atoms with E-state index in [1.807, 2.05) is 84.9 Å². The van der Waals surface area contributed by atoms with Gasteiger partial charge in [-0.15, -0.1) is 0 Å². The number of amides is 2. The average molecular weight is 416 g/mol. The number of nitrogens with one attached hydrogen (secondary N) is 1. The van der Waals surface area contributed by atoms with Gasteiger partial charge in [-0.2, -0.15) is 0 Å². The lowest BCUT2D eigenvalue weighted by Crippen LogP contribution is -2.47. The summed E-state index contributed by atoms with van der Waals surface area (Å²) in [5.74, 6) is 0.0753. The molecule has 0 bridgehead atoms. The van der Waals surface area contributed by atoms with Crippen LogP contribution in [0.15, 0.2) is 84.9 Å². The molecule has 0 saturated carbocycles. The van der Waals surface area contributed by atoms with E-state index in [-0.39, 0.29) is 12.6 Å². The molecule has 0 aromatic heterocycles. The quantitative estimate of drug-likeness (QED) is 0.627. The third-order valence-electron chi connectivity index (χ3n) is 4.97. The van der Waals surface area contributed by atoms with Crippen molar-refractivity contribution in [1.29, 1.82) is 0 Å². The Morgan fingerprint density at radius 2 is 1.35 bits per heavy atom. The van der Waals surface area contributed by atoms with Crippen molar-refractivity contribution >= 4 is 11.8 Å². The lowest BCUT2D eigenvalue weighted by Gasteiger charge is -2.27. The zero-order valence-corrected chi connectivity index (χ0v) is 17.1. The fraction of sp³-hybridized carbons (Fsp3) is 0.200. The second kappa shape index (κ2) is 9.80. The summed E-state index contributed by atoms with van der Waals surface area (Å²) in [4.78, 5) is 27.2. The predicted octanol–water partition coefficient (Wildman–Crippen LogP) is 3.17. The molecule has 1 aliphatic heterocycles. The highest BCUT2D eigenvalue weighted by molar-refractivity contribution is 6.34. The first-order valence-electron chi connectivity index (χ1n) is 10.2. The van der Waals surface area contributed by atoms with Crippen LogP contribution in [0.1, 0.15) is 11.1 Å². The van der Waals surface area contributed by atoms with Gasteiger partial charge in [0, 0.05) is 13.1 Å². The average Bonchev–Trinajstić information content (AvgIpc) is 2.83. The molecule has 0 saturated heterocycles. The second-order valence-electron chi connectivity index (χ2n) is 7.34. The Morgan fingerprint density at radius 3 is 1.97 bits per heavy atom. The molecule has 158 valence electrons. The molecule has 1 heterocycles. The topological polar surface area (TPSA) is 67.9 Å². The number of benzene rings is 3. The summed E-state index contributed by atoms with van der Waals surface area (Å²) in [5, 5.41) is 2.70. The van der Waals surface area contributed by atoms with E-state index in [0.29, 0.717) is 31.2 Å². The van der Waals surface area contributed by atoms with Crippen LogP contribution in [0.25, 0.3) is 0 Å². The Balaban J connectivity index is 1.39. The van der Waals surface area contributed by atoms with Gasteiger partial charge in [-0.3, -0.25) is 9.59 Å². The monoisotopic (exact) mass is 416 g/mol. The molecule has 31 heavy (non-hydrogen) atoms. The molecule has 1 aliphatic rings. The third-order valence-corrected chi connectivity index (χ3v) is 4.97. The van der Waals surface area contributed by atoms with Crippen molar-refractivity contribution in [1.82, 2.24) is 10.2 Å². The van der Waals surface area contributed by atoms with E-state index in [4.69, 9.17) is 9.47 Å². The van der Waals surface area contributed by atoms with Crippen LogP contribution < -0.4 is 14.8 Å². The summed E-state index contributed by atoms with van der Waals surface area (Å²) in [6, 6.07) is 26.6. The van der Waals surface area contributed by atoms with Crippen LogP contribution in [0, 0.1) is 0 Å². The van der Waals surface area contributed by atoms with Crippen molar-refractivity contribution in [2.75, 3.05) is 13.2 Å². The minimum atomic E-state index is -0.658. The van der Waals surface area contributed by atoms with Crippen LogP contribution in [0.2, 0.25) is 0 Å². The number of ether oxygens (including phenoxy) is 2. The molecule has 0 radical (unpaired) electrons. The molecule has 3 aromatic carbocycles. The van der Waals surface area contributed by atoms with Gasteiger partial charge in [-0.1, -0.05) is 72.8 Å². The third kappa shape index (κ3) is 5.42. The van der Waals surface area contributed by atoms with Gasteiger partial charge >= 0.3 is 11.8 Å². The van der Waals surface area contributed by atoms with E-state index in [1.54, 1.807) is 4.90 Å². The van der Waals surface area contributed by atoms with E-state index in [9.17, 15) is 9.59 Å². The van der Waals surface area contributed by atoms with Crippen LogP contribution >= 0.6 is 0 Å². The zero-order valence-electron chi connectivity index (χ0n) is 17.1. The van der Waals surface area contributed by atoms with Gasteiger partial charge in [0.2, 0.25) is 0 Å². The molecule has 6 nitrogen and oxygen atoms in total. The Bertz CT molecular complexity index is 982. The summed E-state index contributed by atoms with van der Waals surface area (Å²) in [6.07, 6.45) is -0.358. The van der Waals surface area contributed by atoms with Crippen LogP contribution in [-0.4, -0.2) is 36.0 Å². The summed E-state index contributed by atoms with van der Waals surface area (Å²) in [6.45, 7) is 1.18. The molecule has 3 aromatic rings. The maximum atomic E-state index is 13.0. The van der Waals surface area contributed by atoms with Gasteiger partial charge in [0.05, 0.1) is 6.54 Å². The zero-order chi connectivity index (χ0) is 21.5. The summed E-state index contributed by atoms with van der Waals surface area (Å²) < 4.78 is 11.5. The minimum Gasteiger partial charge on any atom is -0.486 e. The highest BCUT2D eigenvalue weighted by atomic mass is 16.6. The number of para-hydroxylation sites is 2. The SMILES string of the molecule is O=C(NCC1COc2ccccc2O1)C(=O)N(Cc1ccccc1)Cc1ccccc1. The van der Waals surface area contributed by atoms with Crippen molar-refractivity contribution < 1.29 is 19.1 Å². The van der Waals surface area contributed by atoms with Gasteiger partial charge < -0.3 is 19.7 Å². The summed E-state index contributed by atoms with van der Waals surface area (Å²) >= 11 is 0. The van der Waals surface area contributed by atoms with Crippen molar-refractivity contribution in [3.05, 3.63) is 96.1 Å². The first kappa shape index (κ1) is 20.5. The van der Waals surface area contributed by atoms with E-state index in [1.165, 1.54) is 0 Å². The molecule has 1 atom stereocenters. The lowest BCUT2D eigenvalue weighted by atomic mass is 10.1. The van der Waals surface area contributed by atoms with E-state index in [2.05, 4.69) is 5.32 Å². The van der Waals surface area contributed by atoms with Crippen LogP contribution in [-0.2, 0) is 22.7 Å². The lowest BCUT2D eigenvalue weighted by molar-refractivity contribution is -0.146. The molecule has 6 heteroatoms. The molecule has 0 aliphatic carbocycles. The fourth-order valence-corrected chi connectivity index (χ4v) is 3.40. The first-order valence-corrected chi connectivity index (χ1v) is 10.2. The molecule has 1 unspecified atom stereocenters. The van der Waals surface area contributed by atoms with Crippen LogP contribution in [0.4, 0.5) is 0 Å². The molecular weight excluding hydrogens is 392 g/mol. The first-order chi connectivity index (χ1) is 15.2. The number of carbonyl (C=O) groups is 2. The largest absolute Gasteiger partial charge is 0.486 e. The van der Waals surface area contributed by atoms with E-state index in [0.717, 1.165) is 11.1 Å². The van der Waals surface area contributed by atoms with Crippen molar-refractivity contribution in [2.24, 2.45) is 0 Å². The van der Waals surface area contributed by atoms with Crippen molar-refractivity contribution in [3.8, 4) is 11.5 Å². The molecular formula is C25H24N2O4. The molecule has 4 rings (SSSR count). The number of carbonyl (C=O) groups excluding carboxylic acids is 2. The Labute approximate surface area is 181 Å². The van der Waals surface area contributed by atoms with E-state index < -0.39 is 11.8 Å². The number of nitrogens with zero attached hydrogens (tertiary/aromatic N) is 1. The molecule has 1 N–H and O–H groups in total. The number of hydrogen-bond donors (Lipinski definition) is 1. The van der Waals surface area contributed by atoms with Gasteiger partial charge in [0.25, 0.3) is 0 Å². The summed E-state index contributed by atoms with van der Waals surface area (Å²) in [5.41, 5.74) is 1.92. The van der Waals surface area contributed by atoms with Crippen LogP contribution in [0.5, 0.6) is 11.5 Å². The minimum absolute atomic E-state index is 0.184. The number of fused-ring (bicyclic) bond motifs is 1. The number of rotatable bonds is 6. The highest BCUT2D eigenvalue weighted by Gasteiger charge is 2.25. The van der Waals surface area contributed by atoms with Gasteiger partial charge in [0.15, 0.2) is 11.5 Å². The Morgan fingerprint density at radius 1 is 0.806 bits per heavy atom. The van der Waals surface area contributed by atoms with Gasteiger partial charge in [-0.25, -0.2) is 0 Å². The Kier molecular flexibility index (Phi) is 6.47. The maximum absolute atomic E-state index is 13.0. The normalized spacial score (nSPS) is 14.5. The predicted molar refractivity (Wildman–Crippen MR) is 117 cm³/mol. The molecule has 2 amide bonds. The van der Waals surface area contributed by atoms with Crippen molar-refractivity contribution in [3.63, 3.8) is 0 Å². The molecule has 0 spiro atoms. The Hall–Kier alpha value is -3.80. The smallest absolute Gasteiger partial charge is 0.312 e. The van der Waals surface area contributed by atoms with Gasteiger partial charge in [-0.05, 0) is 23.3 Å². The highest BCUT2D eigenvalue weighted by Crippen LogP contribution is 2.30. The standard InChI is InChI=1S/C25H24N2O4/c28-24(26-15-21-18-30-22-13-7-8-14-23(22)31-21)25(29)27(16-19-9-3-1-4-10-19)17-20-11-5-2-6-12-20/h1-14,21H,15-18H2,(H,26,28). The van der Waals surface area contributed by atoms with E-state index >= 15 is 0 Å². The second-order valence-corrected chi connectivity index (χ2v) is 7.34. The van der Waals surface area contributed by atoms with Crippen LogP contribution in [0.3, 0.4) is 0 Å².